The number of nitrogens with one attached hydrogen (secondary N) is 2. The molecule has 244 valence electrons. The van der Waals surface area contributed by atoms with Crippen molar-refractivity contribution in [3.63, 3.8) is 0 Å². The zero-order valence-electron chi connectivity index (χ0n) is 27.4. The number of nitrogens with two attached hydrogens (primary N) is 1. The van der Waals surface area contributed by atoms with E-state index < -0.39 is 6.04 Å². The highest BCUT2D eigenvalue weighted by molar-refractivity contribution is 5.98. The predicted molar refractivity (Wildman–Crippen MR) is 186 cm³/mol. The molecule has 0 saturated carbocycles. The first-order valence-corrected chi connectivity index (χ1v) is 17.2. The molecule has 3 aromatic rings. The molecule has 0 aromatic heterocycles. The lowest BCUT2D eigenvalue weighted by molar-refractivity contribution is -0.123. The Bertz CT molecular complexity index is 1260. The largest absolute Gasteiger partial charge is 0.508 e. The molecule has 3 aromatic carbocycles. The van der Waals surface area contributed by atoms with E-state index in [0.717, 1.165) is 36.0 Å². The number of aryl methyl sites for hydroxylation is 3. The van der Waals surface area contributed by atoms with Gasteiger partial charge in [0.15, 0.2) is 0 Å². The Morgan fingerprint density at radius 2 is 1.31 bits per heavy atom. The number of carbonyl (C=O) groups excluding carboxylic acids is 2. The van der Waals surface area contributed by atoms with Gasteiger partial charge in [-0.05, 0) is 79.1 Å². The SMILES string of the molecule is CCCCCCCCCCCCCCNC(=O)[C@H](CCc1ccccc1)NC(=O)c1ccc(N)c(CCc2ccc(O)cc2)c1. The summed E-state index contributed by atoms with van der Waals surface area (Å²) in [7, 11) is 0. The quantitative estimate of drug-likeness (QED) is 0.0676. The fourth-order valence-corrected chi connectivity index (χ4v) is 5.67. The van der Waals surface area contributed by atoms with Crippen LogP contribution in [0.25, 0.3) is 0 Å². The van der Waals surface area contributed by atoms with Crippen molar-refractivity contribution >= 4 is 17.5 Å². The molecule has 0 aliphatic rings. The summed E-state index contributed by atoms with van der Waals surface area (Å²) in [4.78, 5) is 26.6. The van der Waals surface area contributed by atoms with Crippen LogP contribution in [-0.4, -0.2) is 29.5 Å². The van der Waals surface area contributed by atoms with E-state index >= 15 is 0 Å². The molecule has 0 aliphatic heterocycles. The summed E-state index contributed by atoms with van der Waals surface area (Å²) < 4.78 is 0. The van der Waals surface area contributed by atoms with E-state index in [0.29, 0.717) is 37.1 Å². The number of amides is 2. The standard InChI is InChI=1S/C39H55N3O3/c1-2-3-4-5-6-7-8-9-10-11-12-16-29-41-39(45)37(28-22-31-17-14-13-15-18-31)42-38(44)34-24-27-36(40)33(30-34)23-19-32-20-25-35(43)26-21-32/h13-15,17-18,20-21,24-27,30,37,43H,2-12,16,19,22-23,28-29,40H2,1H3,(H,41,45)(H,42,44)/t37-/m0/s1. The minimum atomic E-state index is -0.631. The molecule has 0 fully saturated rings. The molecule has 2 amide bonds. The molecule has 6 nitrogen and oxygen atoms in total. The maximum absolute atomic E-state index is 13.4. The topological polar surface area (TPSA) is 104 Å². The van der Waals surface area contributed by atoms with Gasteiger partial charge in [0.2, 0.25) is 5.91 Å². The number of phenolic OH excluding ortho intramolecular Hbond substituents is 1. The number of anilines is 1. The summed E-state index contributed by atoms with van der Waals surface area (Å²) in [5.74, 6) is -0.179. The number of benzene rings is 3. The van der Waals surface area contributed by atoms with Gasteiger partial charge in [-0.25, -0.2) is 0 Å². The minimum absolute atomic E-state index is 0.134. The van der Waals surface area contributed by atoms with Crippen LogP contribution >= 0.6 is 0 Å². The Morgan fingerprint density at radius 1 is 0.711 bits per heavy atom. The van der Waals surface area contributed by atoms with Crippen LogP contribution in [0.15, 0.2) is 72.8 Å². The minimum Gasteiger partial charge on any atom is -0.508 e. The second-order valence-corrected chi connectivity index (χ2v) is 12.3. The zero-order chi connectivity index (χ0) is 32.1. The van der Waals surface area contributed by atoms with E-state index in [4.69, 9.17) is 5.73 Å². The summed E-state index contributed by atoms with van der Waals surface area (Å²) in [6, 6.07) is 21.8. The highest BCUT2D eigenvalue weighted by Crippen LogP contribution is 2.19. The number of rotatable bonds is 22. The third-order valence-corrected chi connectivity index (χ3v) is 8.54. The number of carbonyl (C=O) groups is 2. The van der Waals surface area contributed by atoms with Crippen molar-refractivity contribution in [2.75, 3.05) is 12.3 Å². The lowest BCUT2D eigenvalue weighted by Crippen LogP contribution is -2.47. The Hall–Kier alpha value is -3.80. The summed E-state index contributed by atoms with van der Waals surface area (Å²) in [5, 5.41) is 15.6. The third-order valence-electron chi connectivity index (χ3n) is 8.54. The summed E-state index contributed by atoms with van der Waals surface area (Å²) >= 11 is 0. The Kier molecular flexibility index (Phi) is 16.7. The summed E-state index contributed by atoms with van der Waals surface area (Å²) in [6.45, 7) is 2.88. The fraction of sp³-hybridized carbons (Fsp3) is 0.487. The molecule has 45 heavy (non-hydrogen) atoms. The molecule has 0 unspecified atom stereocenters. The van der Waals surface area contributed by atoms with Crippen LogP contribution < -0.4 is 16.4 Å². The molecular formula is C39H55N3O3. The highest BCUT2D eigenvalue weighted by Gasteiger charge is 2.21. The number of phenols is 1. The van der Waals surface area contributed by atoms with Gasteiger partial charge in [0, 0.05) is 17.8 Å². The van der Waals surface area contributed by atoms with Gasteiger partial charge in [-0.1, -0.05) is 120 Å². The van der Waals surface area contributed by atoms with Crippen molar-refractivity contribution in [2.24, 2.45) is 0 Å². The second-order valence-electron chi connectivity index (χ2n) is 12.3. The Labute approximate surface area is 271 Å². The average molecular weight is 614 g/mol. The number of hydrogen-bond donors (Lipinski definition) is 4. The molecule has 1 atom stereocenters. The lowest BCUT2D eigenvalue weighted by atomic mass is 10.00. The van der Waals surface area contributed by atoms with Crippen molar-refractivity contribution in [1.29, 1.82) is 0 Å². The fourth-order valence-electron chi connectivity index (χ4n) is 5.67. The predicted octanol–water partition coefficient (Wildman–Crippen LogP) is 8.31. The molecule has 6 heteroatoms. The smallest absolute Gasteiger partial charge is 0.251 e. The maximum atomic E-state index is 13.4. The van der Waals surface area contributed by atoms with Gasteiger partial charge in [0.05, 0.1) is 0 Å². The molecule has 0 saturated heterocycles. The molecule has 0 bridgehead atoms. The third kappa shape index (κ3) is 14.2. The van der Waals surface area contributed by atoms with E-state index in [9.17, 15) is 14.7 Å². The molecule has 0 spiro atoms. The van der Waals surface area contributed by atoms with Crippen LogP contribution in [0.5, 0.6) is 5.75 Å². The van der Waals surface area contributed by atoms with Crippen LogP contribution in [0, 0.1) is 0 Å². The number of hydrogen-bond acceptors (Lipinski definition) is 4. The van der Waals surface area contributed by atoms with Crippen molar-refractivity contribution < 1.29 is 14.7 Å². The van der Waals surface area contributed by atoms with Gasteiger partial charge in [-0.2, -0.15) is 0 Å². The molecule has 0 heterocycles. The molecular weight excluding hydrogens is 558 g/mol. The van der Waals surface area contributed by atoms with Crippen LogP contribution in [0.3, 0.4) is 0 Å². The van der Waals surface area contributed by atoms with E-state index in [2.05, 4.69) is 17.6 Å². The van der Waals surface area contributed by atoms with Crippen LogP contribution in [0.4, 0.5) is 5.69 Å². The van der Waals surface area contributed by atoms with Crippen molar-refractivity contribution in [2.45, 2.75) is 116 Å². The van der Waals surface area contributed by atoms with Crippen molar-refractivity contribution in [1.82, 2.24) is 10.6 Å². The van der Waals surface area contributed by atoms with Crippen LogP contribution in [0.1, 0.15) is 117 Å². The van der Waals surface area contributed by atoms with Crippen molar-refractivity contribution in [3.05, 3.63) is 95.1 Å². The molecule has 3 rings (SSSR count). The van der Waals surface area contributed by atoms with E-state index in [1.54, 1.807) is 24.3 Å². The lowest BCUT2D eigenvalue weighted by Gasteiger charge is -2.19. The Balaban J connectivity index is 1.47. The zero-order valence-corrected chi connectivity index (χ0v) is 27.4. The normalized spacial score (nSPS) is 11.7. The maximum Gasteiger partial charge on any atom is 0.251 e. The number of aromatic hydroxyl groups is 1. The molecule has 0 aliphatic carbocycles. The summed E-state index contributed by atoms with van der Waals surface area (Å²) in [6.07, 6.45) is 17.9. The van der Waals surface area contributed by atoms with E-state index in [-0.39, 0.29) is 17.6 Å². The van der Waals surface area contributed by atoms with E-state index in [1.165, 1.54) is 64.2 Å². The van der Waals surface area contributed by atoms with Gasteiger partial charge >= 0.3 is 0 Å². The van der Waals surface area contributed by atoms with Crippen LogP contribution in [0.2, 0.25) is 0 Å². The number of unbranched alkanes of at least 4 members (excludes halogenated alkanes) is 11. The van der Waals surface area contributed by atoms with Crippen molar-refractivity contribution in [3.8, 4) is 5.75 Å². The average Bonchev–Trinajstić information content (AvgIpc) is 3.05. The van der Waals surface area contributed by atoms with Gasteiger partial charge in [-0.15, -0.1) is 0 Å². The monoisotopic (exact) mass is 613 g/mol. The van der Waals surface area contributed by atoms with Gasteiger partial charge in [-0.3, -0.25) is 9.59 Å². The first-order valence-electron chi connectivity index (χ1n) is 17.2. The first-order chi connectivity index (χ1) is 22.0. The van der Waals surface area contributed by atoms with Crippen LogP contribution in [-0.2, 0) is 24.1 Å². The second kappa shape index (κ2) is 21.0. The molecule has 0 radical (unpaired) electrons. The van der Waals surface area contributed by atoms with Gasteiger partial charge in [0.1, 0.15) is 11.8 Å². The van der Waals surface area contributed by atoms with E-state index in [1.807, 2.05) is 48.5 Å². The highest BCUT2D eigenvalue weighted by atomic mass is 16.3. The summed E-state index contributed by atoms with van der Waals surface area (Å²) in [5.41, 5.74) is 10.5. The van der Waals surface area contributed by atoms with Gasteiger partial charge in [0.25, 0.3) is 5.91 Å². The Morgan fingerprint density at radius 3 is 1.96 bits per heavy atom. The number of nitrogen functional groups attached to an aromatic ring is 1. The molecule has 5 N–H and O–H groups in total. The first kappa shape index (κ1) is 35.7. The van der Waals surface area contributed by atoms with Gasteiger partial charge < -0.3 is 21.5 Å².